The topological polar surface area (TPSA) is 312 Å². The van der Waals surface area contributed by atoms with Gasteiger partial charge in [-0.15, -0.1) is 0 Å². The van der Waals surface area contributed by atoms with Crippen molar-refractivity contribution in [2.24, 2.45) is 0 Å². The van der Waals surface area contributed by atoms with Gasteiger partial charge in [-0.1, -0.05) is 0 Å². The standard InChI is InChI=1S/C16H25N5O15P2/c17-13-7-14(19-3-18-13)21(4-20-7)15-11(26)9(24)6(33-15)2-32-38(30,31)35-12-10(25)8(23)5(1-22)34-16(12)36-37(27,28)29/h3-6,8-12,15-16,22-26H,1-2H2,(H,30,31)(H2,17,18,19)(H2,27,28,29)/t5-,6-,8-,9-,10+,11-,12-,15-,16?/m1/s1. The third-order valence-corrected chi connectivity index (χ3v) is 7.19. The van der Waals surface area contributed by atoms with Gasteiger partial charge in [0, 0.05) is 0 Å². The van der Waals surface area contributed by atoms with E-state index in [2.05, 4.69) is 19.5 Å². The zero-order valence-corrected chi connectivity index (χ0v) is 20.7. The second kappa shape index (κ2) is 11.0. The monoisotopic (exact) mass is 589 g/mol. The first-order valence-corrected chi connectivity index (χ1v) is 13.7. The van der Waals surface area contributed by atoms with E-state index in [1.807, 2.05) is 0 Å². The van der Waals surface area contributed by atoms with Gasteiger partial charge in [-0.05, 0) is 0 Å². The minimum absolute atomic E-state index is 0.0466. The van der Waals surface area contributed by atoms with Crippen LogP contribution < -0.4 is 5.73 Å². The van der Waals surface area contributed by atoms with Crippen LogP contribution in [0.2, 0.25) is 0 Å². The van der Waals surface area contributed by atoms with Gasteiger partial charge in [-0.25, -0.2) is 24.1 Å². The van der Waals surface area contributed by atoms with Crippen LogP contribution >= 0.6 is 15.6 Å². The highest BCUT2D eigenvalue weighted by Gasteiger charge is 2.51. The zero-order chi connectivity index (χ0) is 28.0. The molecular weight excluding hydrogens is 564 g/mol. The van der Waals surface area contributed by atoms with Gasteiger partial charge in [0.05, 0.1) is 19.5 Å². The highest BCUT2D eigenvalue weighted by Crippen LogP contribution is 2.50. The molecule has 10 atom stereocenters. The number of hydrogen-bond acceptors (Lipinski definition) is 16. The van der Waals surface area contributed by atoms with Crippen LogP contribution in [-0.2, 0) is 32.2 Å². The number of anilines is 1. The van der Waals surface area contributed by atoms with Gasteiger partial charge >= 0.3 is 15.6 Å². The van der Waals surface area contributed by atoms with Crippen LogP contribution in [0.1, 0.15) is 6.23 Å². The molecule has 0 amide bonds. The minimum Gasteiger partial charge on any atom is -0.394 e. The van der Waals surface area contributed by atoms with Crippen LogP contribution in [-0.4, -0.2) is 122 Å². The van der Waals surface area contributed by atoms with E-state index in [0.29, 0.717) is 0 Å². The molecule has 214 valence electrons. The summed E-state index contributed by atoms with van der Waals surface area (Å²) in [6, 6.07) is 0. The number of phosphoric acid groups is 2. The van der Waals surface area contributed by atoms with Crippen LogP contribution in [0.5, 0.6) is 0 Å². The second-order valence-corrected chi connectivity index (χ2v) is 10.9. The number of imidazole rings is 1. The summed E-state index contributed by atoms with van der Waals surface area (Å²) < 4.78 is 49.5. The lowest BCUT2D eigenvalue weighted by atomic mass is 9.99. The van der Waals surface area contributed by atoms with E-state index in [0.717, 1.165) is 6.33 Å². The third kappa shape index (κ3) is 6.04. The molecule has 38 heavy (non-hydrogen) atoms. The molecule has 2 aromatic heterocycles. The molecule has 0 spiro atoms. The van der Waals surface area contributed by atoms with Crippen molar-refractivity contribution in [3.63, 3.8) is 0 Å². The molecule has 0 aromatic carbocycles. The summed E-state index contributed by atoms with van der Waals surface area (Å²) in [6.45, 7) is -1.79. The van der Waals surface area contributed by atoms with Gasteiger partial charge < -0.3 is 55.4 Å². The van der Waals surface area contributed by atoms with E-state index in [1.54, 1.807) is 0 Å². The van der Waals surface area contributed by atoms with E-state index in [1.165, 1.54) is 10.9 Å². The zero-order valence-electron chi connectivity index (χ0n) is 19.0. The normalized spacial score (nSPS) is 35.9. The summed E-state index contributed by atoms with van der Waals surface area (Å²) >= 11 is 0. The number of nitrogens with two attached hydrogens (primary N) is 1. The number of fused-ring (bicyclic) bond motifs is 1. The van der Waals surface area contributed by atoms with Crippen molar-refractivity contribution >= 4 is 32.6 Å². The summed E-state index contributed by atoms with van der Waals surface area (Å²) in [5, 5.41) is 50.4. The Morgan fingerprint density at radius 3 is 2.29 bits per heavy atom. The Bertz CT molecular complexity index is 1230. The first kappa shape index (κ1) is 29.3. The van der Waals surface area contributed by atoms with Crippen molar-refractivity contribution in [1.82, 2.24) is 19.5 Å². The largest absolute Gasteiger partial charge is 0.472 e. The Balaban J connectivity index is 1.45. The molecule has 0 saturated carbocycles. The van der Waals surface area contributed by atoms with Crippen molar-refractivity contribution < 1.29 is 72.4 Å². The van der Waals surface area contributed by atoms with Crippen LogP contribution in [0, 0.1) is 0 Å². The second-order valence-electron chi connectivity index (χ2n) is 8.27. The van der Waals surface area contributed by atoms with Crippen molar-refractivity contribution in [2.75, 3.05) is 18.9 Å². The Morgan fingerprint density at radius 1 is 0.947 bits per heavy atom. The maximum Gasteiger partial charge on any atom is 0.472 e. The summed E-state index contributed by atoms with van der Waals surface area (Å²) in [6.07, 6.45) is -13.6. The van der Waals surface area contributed by atoms with E-state index >= 15 is 0 Å². The molecule has 0 aliphatic carbocycles. The van der Waals surface area contributed by atoms with Gasteiger partial charge in [0.1, 0.15) is 54.6 Å². The Morgan fingerprint density at radius 2 is 1.63 bits per heavy atom. The summed E-state index contributed by atoms with van der Waals surface area (Å²) in [5.74, 6) is 0.0466. The lowest BCUT2D eigenvalue weighted by Gasteiger charge is -2.41. The molecule has 2 aliphatic rings. The Hall–Kier alpha value is -1.71. The first-order chi connectivity index (χ1) is 17.7. The molecule has 4 rings (SSSR count). The van der Waals surface area contributed by atoms with Crippen molar-refractivity contribution in [3.05, 3.63) is 12.7 Å². The number of aromatic nitrogens is 4. The first-order valence-electron chi connectivity index (χ1n) is 10.7. The van der Waals surface area contributed by atoms with Gasteiger partial charge in [-0.3, -0.25) is 18.1 Å². The average molecular weight is 589 g/mol. The predicted octanol–water partition coefficient (Wildman–Crippen LogP) is -3.92. The summed E-state index contributed by atoms with van der Waals surface area (Å²) in [4.78, 5) is 40.1. The number of rotatable bonds is 9. The maximum absolute atomic E-state index is 12.6. The molecule has 2 aliphatic heterocycles. The smallest absolute Gasteiger partial charge is 0.394 e. The van der Waals surface area contributed by atoms with Crippen molar-refractivity contribution in [3.8, 4) is 0 Å². The van der Waals surface area contributed by atoms with E-state index < -0.39 is 84.1 Å². The van der Waals surface area contributed by atoms with Gasteiger partial charge in [0.2, 0.25) is 0 Å². The average Bonchev–Trinajstić information content (AvgIpc) is 3.38. The van der Waals surface area contributed by atoms with Gasteiger partial charge in [0.15, 0.2) is 24.0 Å². The Kier molecular flexibility index (Phi) is 8.51. The third-order valence-electron chi connectivity index (χ3n) is 5.72. The molecule has 10 N–H and O–H groups in total. The number of nitrogens with zero attached hydrogens (tertiary/aromatic N) is 4. The predicted molar refractivity (Wildman–Crippen MR) is 117 cm³/mol. The van der Waals surface area contributed by atoms with E-state index in [-0.39, 0.29) is 17.0 Å². The molecule has 4 heterocycles. The fourth-order valence-corrected chi connectivity index (χ4v) is 5.26. The molecule has 2 saturated heterocycles. The quantitative estimate of drug-likeness (QED) is 0.126. The van der Waals surface area contributed by atoms with Gasteiger partial charge in [-0.2, -0.15) is 0 Å². The van der Waals surface area contributed by atoms with Gasteiger partial charge in [0.25, 0.3) is 0 Å². The van der Waals surface area contributed by atoms with Crippen LogP contribution in [0.15, 0.2) is 12.7 Å². The van der Waals surface area contributed by atoms with Crippen molar-refractivity contribution in [2.45, 2.75) is 55.2 Å². The molecule has 2 unspecified atom stereocenters. The molecule has 0 radical (unpaired) electrons. The lowest BCUT2D eigenvalue weighted by molar-refractivity contribution is -0.277. The Labute approximate surface area is 212 Å². The number of aliphatic hydroxyl groups excluding tert-OH is 5. The molecule has 20 nitrogen and oxygen atoms in total. The fourth-order valence-electron chi connectivity index (χ4n) is 3.89. The minimum atomic E-state index is -5.32. The van der Waals surface area contributed by atoms with E-state index in [4.69, 9.17) is 34.0 Å². The van der Waals surface area contributed by atoms with Crippen LogP contribution in [0.3, 0.4) is 0 Å². The highest BCUT2D eigenvalue weighted by molar-refractivity contribution is 7.47. The molecule has 0 bridgehead atoms. The SMILES string of the molecule is Nc1ncnc2c1ncn2[C@@H]1O[C@H](COP(=O)(O)O[C@H]2C(OP(=O)(O)O)O[C@H](CO)[C@@H](O)[C@@H]2O)[C@@H](O)[C@H]1O. The number of phosphoric ester groups is 2. The van der Waals surface area contributed by atoms with Crippen LogP contribution in [0.25, 0.3) is 11.2 Å². The molecule has 2 fully saturated rings. The summed E-state index contributed by atoms with van der Waals surface area (Å²) in [5.41, 5.74) is 6.08. The van der Waals surface area contributed by atoms with Crippen molar-refractivity contribution in [1.29, 1.82) is 0 Å². The maximum atomic E-state index is 12.6. The number of aliphatic hydroxyl groups is 5. The molecule has 2 aromatic rings. The molecule has 22 heteroatoms. The number of nitrogen functional groups attached to an aromatic ring is 1. The number of hydrogen-bond donors (Lipinski definition) is 9. The number of ether oxygens (including phenoxy) is 2. The highest BCUT2D eigenvalue weighted by atomic mass is 31.2. The molecular formula is C16H25N5O15P2. The van der Waals surface area contributed by atoms with E-state index in [9.17, 15) is 39.6 Å². The lowest BCUT2D eigenvalue weighted by Crippen LogP contribution is -2.59. The van der Waals surface area contributed by atoms with Crippen LogP contribution in [0.4, 0.5) is 5.82 Å². The fraction of sp³-hybridized carbons (Fsp3) is 0.688. The summed E-state index contributed by atoms with van der Waals surface area (Å²) in [7, 11) is -10.6.